The van der Waals surface area contributed by atoms with Crippen LogP contribution in [0.3, 0.4) is 0 Å². The molecule has 0 aliphatic carbocycles. The Labute approximate surface area is 176 Å². The van der Waals surface area contributed by atoms with E-state index in [0.29, 0.717) is 23.7 Å². The van der Waals surface area contributed by atoms with Crippen molar-refractivity contribution in [3.63, 3.8) is 0 Å². The van der Waals surface area contributed by atoms with Gasteiger partial charge in [0, 0.05) is 57.1 Å². The van der Waals surface area contributed by atoms with E-state index in [1.807, 2.05) is 0 Å². The largest absolute Gasteiger partial charge is 0.493 e. The highest BCUT2D eigenvalue weighted by Crippen LogP contribution is 2.30. The van der Waals surface area contributed by atoms with Crippen LogP contribution in [0.4, 0.5) is 15.8 Å². The zero-order valence-electron chi connectivity index (χ0n) is 17.3. The molecule has 1 amide bonds. The molecule has 1 aliphatic heterocycles. The molecule has 0 aromatic heterocycles. The third kappa shape index (κ3) is 6.08. The van der Waals surface area contributed by atoms with Crippen molar-refractivity contribution in [2.24, 2.45) is 0 Å². The Hall–Kier alpha value is -2.84. The van der Waals surface area contributed by atoms with Gasteiger partial charge in [0.2, 0.25) is 5.91 Å². The van der Waals surface area contributed by atoms with Gasteiger partial charge in [-0.25, -0.2) is 4.39 Å². The first-order valence-corrected chi connectivity index (χ1v) is 9.94. The van der Waals surface area contributed by atoms with Crippen molar-refractivity contribution in [1.29, 1.82) is 0 Å². The number of nitrogens with zero attached hydrogens (tertiary/aromatic N) is 2. The van der Waals surface area contributed by atoms with Crippen LogP contribution in [0.1, 0.15) is 6.92 Å². The van der Waals surface area contributed by atoms with E-state index in [-0.39, 0.29) is 18.3 Å². The van der Waals surface area contributed by atoms with E-state index in [9.17, 15) is 14.3 Å². The van der Waals surface area contributed by atoms with Crippen LogP contribution in [-0.4, -0.2) is 68.5 Å². The second-order valence-electron chi connectivity index (χ2n) is 7.28. The van der Waals surface area contributed by atoms with Crippen LogP contribution in [0.2, 0.25) is 0 Å². The average Bonchev–Trinajstić information content (AvgIpc) is 2.73. The van der Waals surface area contributed by atoms with Gasteiger partial charge in [-0.2, -0.15) is 0 Å². The molecule has 1 unspecified atom stereocenters. The molecule has 1 fully saturated rings. The monoisotopic (exact) mass is 417 g/mol. The lowest BCUT2D eigenvalue weighted by molar-refractivity contribution is -0.114. The van der Waals surface area contributed by atoms with E-state index < -0.39 is 6.10 Å². The standard InChI is InChI=1S/C22H28FN3O4/c1-16(27)24-18-5-8-21(22(13-18)29-2)30-15-20(28)14-25-9-11-26(12-10-25)19-6-3-17(23)4-7-19/h3-8,13,20,28H,9-12,14-15H2,1-2H3,(H,24,27). The molecule has 0 radical (unpaired) electrons. The zero-order chi connectivity index (χ0) is 21.5. The second kappa shape index (κ2) is 10.3. The summed E-state index contributed by atoms with van der Waals surface area (Å²) in [6, 6.07) is 11.6. The zero-order valence-corrected chi connectivity index (χ0v) is 17.3. The highest BCUT2D eigenvalue weighted by molar-refractivity contribution is 5.89. The summed E-state index contributed by atoms with van der Waals surface area (Å²) in [6.45, 7) is 5.33. The predicted molar refractivity (Wildman–Crippen MR) is 114 cm³/mol. The van der Waals surface area contributed by atoms with E-state index in [1.54, 1.807) is 30.3 Å². The molecule has 0 spiro atoms. The Kier molecular flexibility index (Phi) is 7.48. The molecule has 2 N–H and O–H groups in total. The van der Waals surface area contributed by atoms with Crippen molar-refractivity contribution in [1.82, 2.24) is 4.90 Å². The number of nitrogens with one attached hydrogen (secondary N) is 1. The highest BCUT2D eigenvalue weighted by Gasteiger charge is 2.20. The lowest BCUT2D eigenvalue weighted by Crippen LogP contribution is -2.49. The van der Waals surface area contributed by atoms with E-state index >= 15 is 0 Å². The summed E-state index contributed by atoms with van der Waals surface area (Å²) in [6.07, 6.45) is -0.651. The lowest BCUT2D eigenvalue weighted by Gasteiger charge is -2.36. The number of rotatable bonds is 8. The fourth-order valence-electron chi connectivity index (χ4n) is 3.45. The maximum atomic E-state index is 13.1. The molecule has 1 saturated heterocycles. The minimum Gasteiger partial charge on any atom is -0.493 e. The number of hydrogen-bond acceptors (Lipinski definition) is 6. The summed E-state index contributed by atoms with van der Waals surface area (Å²) < 4.78 is 24.1. The van der Waals surface area contributed by atoms with Crippen molar-refractivity contribution in [2.45, 2.75) is 13.0 Å². The molecule has 162 valence electrons. The molecular weight excluding hydrogens is 389 g/mol. The Balaban J connectivity index is 1.45. The van der Waals surface area contributed by atoms with Crippen LogP contribution in [0, 0.1) is 5.82 Å². The summed E-state index contributed by atoms with van der Waals surface area (Å²) >= 11 is 0. The molecule has 0 saturated carbocycles. The van der Waals surface area contributed by atoms with Crippen LogP contribution >= 0.6 is 0 Å². The SMILES string of the molecule is COc1cc(NC(C)=O)ccc1OCC(O)CN1CCN(c2ccc(F)cc2)CC1. The summed E-state index contributed by atoms with van der Waals surface area (Å²) in [5.74, 6) is 0.593. The molecule has 7 nitrogen and oxygen atoms in total. The Morgan fingerprint density at radius 2 is 1.83 bits per heavy atom. The van der Waals surface area contributed by atoms with Gasteiger partial charge in [0.25, 0.3) is 0 Å². The Morgan fingerprint density at radius 1 is 1.13 bits per heavy atom. The van der Waals surface area contributed by atoms with Crippen LogP contribution < -0.4 is 19.7 Å². The number of aliphatic hydroxyl groups is 1. The number of carbonyl (C=O) groups excluding carboxylic acids is 1. The second-order valence-corrected chi connectivity index (χ2v) is 7.28. The molecule has 3 rings (SSSR count). The highest BCUT2D eigenvalue weighted by atomic mass is 19.1. The number of carbonyl (C=O) groups is 1. The van der Waals surface area contributed by atoms with Gasteiger partial charge in [-0.15, -0.1) is 0 Å². The molecule has 2 aromatic rings. The van der Waals surface area contributed by atoms with Crippen LogP contribution in [-0.2, 0) is 4.79 Å². The molecule has 1 atom stereocenters. The minimum absolute atomic E-state index is 0.133. The van der Waals surface area contributed by atoms with Crippen molar-refractivity contribution in [3.8, 4) is 11.5 Å². The number of amides is 1. The third-order valence-electron chi connectivity index (χ3n) is 4.95. The van der Waals surface area contributed by atoms with Gasteiger partial charge in [-0.1, -0.05) is 0 Å². The maximum Gasteiger partial charge on any atom is 0.221 e. The van der Waals surface area contributed by atoms with Crippen LogP contribution in [0.15, 0.2) is 42.5 Å². The van der Waals surface area contributed by atoms with E-state index in [0.717, 1.165) is 31.9 Å². The molecule has 2 aromatic carbocycles. The number of ether oxygens (including phenoxy) is 2. The van der Waals surface area contributed by atoms with E-state index in [1.165, 1.54) is 26.2 Å². The van der Waals surface area contributed by atoms with Crippen molar-refractivity contribution >= 4 is 17.3 Å². The summed E-state index contributed by atoms with van der Waals surface area (Å²) in [5.41, 5.74) is 1.63. The first-order chi connectivity index (χ1) is 14.4. The van der Waals surface area contributed by atoms with Gasteiger partial charge in [0.1, 0.15) is 18.5 Å². The smallest absolute Gasteiger partial charge is 0.221 e. The molecular formula is C22H28FN3O4. The molecule has 1 heterocycles. The third-order valence-corrected chi connectivity index (χ3v) is 4.95. The Bertz CT molecular complexity index is 839. The van der Waals surface area contributed by atoms with Crippen molar-refractivity contribution < 1.29 is 23.8 Å². The van der Waals surface area contributed by atoms with Crippen LogP contribution in [0.5, 0.6) is 11.5 Å². The van der Waals surface area contributed by atoms with Gasteiger partial charge in [-0.05, 0) is 36.4 Å². The summed E-state index contributed by atoms with van der Waals surface area (Å²) in [7, 11) is 1.52. The van der Waals surface area contributed by atoms with Crippen LogP contribution in [0.25, 0.3) is 0 Å². The number of halogens is 1. The first-order valence-electron chi connectivity index (χ1n) is 9.94. The topological polar surface area (TPSA) is 74.3 Å². The minimum atomic E-state index is -0.651. The van der Waals surface area contributed by atoms with Gasteiger partial charge >= 0.3 is 0 Å². The maximum absolute atomic E-state index is 13.1. The number of benzene rings is 2. The number of anilines is 2. The number of piperazine rings is 1. The normalized spacial score (nSPS) is 15.5. The quantitative estimate of drug-likeness (QED) is 0.687. The van der Waals surface area contributed by atoms with E-state index in [4.69, 9.17) is 9.47 Å². The number of aliphatic hydroxyl groups excluding tert-OH is 1. The summed E-state index contributed by atoms with van der Waals surface area (Å²) in [5, 5.41) is 13.1. The fraction of sp³-hybridized carbons (Fsp3) is 0.409. The molecule has 30 heavy (non-hydrogen) atoms. The van der Waals surface area contributed by atoms with Gasteiger partial charge in [0.05, 0.1) is 7.11 Å². The number of β-amino-alcohol motifs (C(OH)–C–C–N with tert-alkyl or cyclic N) is 1. The summed E-state index contributed by atoms with van der Waals surface area (Å²) in [4.78, 5) is 15.6. The molecule has 0 bridgehead atoms. The fourth-order valence-corrected chi connectivity index (χ4v) is 3.45. The lowest BCUT2D eigenvalue weighted by atomic mass is 10.2. The average molecular weight is 417 g/mol. The van der Waals surface area contributed by atoms with Gasteiger partial charge < -0.3 is 24.8 Å². The van der Waals surface area contributed by atoms with E-state index in [2.05, 4.69) is 15.1 Å². The van der Waals surface area contributed by atoms with Gasteiger partial charge in [-0.3, -0.25) is 9.69 Å². The molecule has 8 heteroatoms. The van der Waals surface area contributed by atoms with Gasteiger partial charge in [0.15, 0.2) is 11.5 Å². The molecule has 1 aliphatic rings. The number of hydrogen-bond donors (Lipinski definition) is 2. The first kappa shape index (κ1) is 21.9. The predicted octanol–water partition coefficient (Wildman–Crippen LogP) is 2.35. The number of methoxy groups -OCH3 is 1. The van der Waals surface area contributed by atoms with Crippen molar-refractivity contribution in [3.05, 3.63) is 48.3 Å². The van der Waals surface area contributed by atoms with Crippen molar-refractivity contribution in [2.75, 3.05) is 56.7 Å². The Morgan fingerprint density at radius 3 is 2.47 bits per heavy atom.